The molecule has 0 amide bonds. The normalized spacial score (nSPS) is 12.0. The molecule has 2 nitrogen and oxygen atoms in total. The maximum atomic E-state index is 5.94. The van der Waals surface area contributed by atoms with Crippen molar-refractivity contribution in [2.75, 3.05) is 7.11 Å². The Kier molecular flexibility index (Phi) is 13.3. The average molecular weight is 582 g/mol. The molecular formula is C29H31ClNOPPd. The molecule has 34 heavy (non-hydrogen) atoms. The summed E-state index contributed by atoms with van der Waals surface area (Å²) >= 11 is 2.22. The quantitative estimate of drug-likeness (QED) is 0.152. The first kappa shape index (κ1) is 28.4. The molecule has 2 N–H and O–H groups in total. The summed E-state index contributed by atoms with van der Waals surface area (Å²) in [6.07, 6.45) is 0. The molecule has 0 radical (unpaired) electrons. The van der Waals surface area contributed by atoms with Gasteiger partial charge in [0.15, 0.2) is 0 Å². The van der Waals surface area contributed by atoms with Crippen LogP contribution in [0.4, 0.5) is 0 Å². The van der Waals surface area contributed by atoms with Crippen LogP contribution in [-0.2, 0) is 22.9 Å². The van der Waals surface area contributed by atoms with Crippen LogP contribution in [0, 0.1) is 13.0 Å². The summed E-state index contributed by atoms with van der Waals surface area (Å²) in [6.45, 7) is 4.04. The van der Waals surface area contributed by atoms with Crippen LogP contribution in [0.5, 0.6) is 0 Å². The SMILES string of the molecule is COC(c1ccccc1)P(c1ccccc1)c1ccccc1.Cc1c[c-]ccc1[C@@H](C)N.[Cl][Pd+]. The van der Waals surface area contributed by atoms with Crippen molar-refractivity contribution in [2.45, 2.75) is 25.7 Å². The summed E-state index contributed by atoms with van der Waals surface area (Å²) in [6, 6.07) is 40.8. The number of halogens is 1. The second kappa shape index (κ2) is 16.0. The number of rotatable bonds is 6. The summed E-state index contributed by atoms with van der Waals surface area (Å²) in [7, 11) is 5.68. The van der Waals surface area contributed by atoms with Crippen LogP contribution in [0.25, 0.3) is 0 Å². The van der Waals surface area contributed by atoms with Gasteiger partial charge in [-0.2, -0.15) is 29.8 Å². The van der Waals surface area contributed by atoms with Gasteiger partial charge in [0.05, 0.1) is 0 Å². The Balaban J connectivity index is 0.000000286. The fourth-order valence-corrected chi connectivity index (χ4v) is 6.15. The molecule has 0 spiro atoms. The van der Waals surface area contributed by atoms with Crippen LogP contribution in [0.3, 0.4) is 0 Å². The molecular weight excluding hydrogens is 551 g/mol. The zero-order valence-corrected chi connectivity index (χ0v) is 22.9. The number of hydrogen-bond donors (Lipinski definition) is 1. The fourth-order valence-electron chi connectivity index (χ4n) is 3.64. The van der Waals surface area contributed by atoms with Crippen LogP contribution in [0.15, 0.2) is 109 Å². The molecule has 0 aliphatic heterocycles. The summed E-state index contributed by atoms with van der Waals surface area (Å²) in [5.41, 5.74) is 9.35. The first-order chi connectivity index (χ1) is 16.6. The molecule has 180 valence electrons. The summed E-state index contributed by atoms with van der Waals surface area (Å²) in [5, 5.41) is 2.67. The van der Waals surface area contributed by atoms with E-state index in [1.54, 1.807) is 7.11 Å². The van der Waals surface area contributed by atoms with Gasteiger partial charge in [0.2, 0.25) is 0 Å². The van der Waals surface area contributed by atoms with Crippen molar-refractivity contribution < 1.29 is 22.9 Å². The Bertz CT molecular complexity index is 1030. The molecule has 0 aromatic heterocycles. The first-order valence-electron chi connectivity index (χ1n) is 10.9. The van der Waals surface area contributed by atoms with Gasteiger partial charge >= 0.3 is 27.7 Å². The zero-order valence-electron chi connectivity index (χ0n) is 19.7. The third kappa shape index (κ3) is 8.44. The third-order valence-electron chi connectivity index (χ3n) is 5.22. The van der Waals surface area contributed by atoms with E-state index in [-0.39, 0.29) is 11.9 Å². The van der Waals surface area contributed by atoms with Gasteiger partial charge < -0.3 is 10.5 Å². The Morgan fingerprint density at radius 1 is 0.824 bits per heavy atom. The Labute approximate surface area is 220 Å². The third-order valence-corrected chi connectivity index (χ3v) is 7.90. The van der Waals surface area contributed by atoms with Crippen molar-refractivity contribution in [3.63, 3.8) is 0 Å². The molecule has 0 fully saturated rings. The van der Waals surface area contributed by atoms with Crippen LogP contribution in [0.1, 0.15) is 35.5 Å². The molecule has 4 rings (SSSR count). The van der Waals surface area contributed by atoms with Gasteiger partial charge in [-0.3, -0.25) is 0 Å². The van der Waals surface area contributed by atoms with E-state index in [2.05, 4.69) is 126 Å². The molecule has 2 atom stereocenters. The molecule has 0 bridgehead atoms. The van der Waals surface area contributed by atoms with E-state index in [4.69, 9.17) is 10.5 Å². The van der Waals surface area contributed by atoms with Gasteiger partial charge in [-0.1, -0.05) is 97.9 Å². The first-order valence-corrected chi connectivity index (χ1v) is 14.3. The van der Waals surface area contributed by atoms with Crippen LogP contribution in [0.2, 0.25) is 0 Å². The van der Waals surface area contributed by atoms with Crippen LogP contribution >= 0.6 is 17.5 Å². The predicted molar refractivity (Wildman–Crippen MR) is 144 cm³/mol. The summed E-state index contributed by atoms with van der Waals surface area (Å²) < 4.78 is 5.94. The summed E-state index contributed by atoms with van der Waals surface area (Å²) in [5.74, 6) is 0.0565. The number of methoxy groups -OCH3 is 1. The minimum atomic E-state index is -0.613. The number of hydrogen-bond acceptors (Lipinski definition) is 2. The molecule has 0 aliphatic carbocycles. The maximum absolute atomic E-state index is 5.94. The van der Waals surface area contributed by atoms with E-state index in [0.717, 1.165) is 0 Å². The van der Waals surface area contributed by atoms with E-state index in [0.29, 0.717) is 0 Å². The van der Waals surface area contributed by atoms with E-state index in [9.17, 15) is 0 Å². The van der Waals surface area contributed by atoms with Crippen LogP contribution < -0.4 is 16.3 Å². The van der Waals surface area contributed by atoms with Crippen molar-refractivity contribution in [1.82, 2.24) is 0 Å². The van der Waals surface area contributed by atoms with Crippen molar-refractivity contribution >= 4 is 28.1 Å². The van der Waals surface area contributed by atoms with Gasteiger partial charge in [-0.15, -0.1) is 5.56 Å². The second-order valence-corrected chi connectivity index (χ2v) is 9.85. The van der Waals surface area contributed by atoms with E-state index in [1.807, 2.05) is 31.2 Å². The standard InChI is InChI=1S/C20H19OP.C9H12N.ClH.Pd/c1-21-20(17-11-5-2-6-12-17)22(18-13-7-3-8-14-18)19-15-9-4-10-16-19;1-7-5-3-4-6-9(7)8(2)10;;/h2-16,20H,1H3;4-6,8H,10H2,1-2H3;1H;/q;-1;;+2/p-1/t;8-;;/m.1../s1. The molecule has 0 saturated carbocycles. The molecule has 5 heteroatoms. The van der Waals surface area contributed by atoms with Gasteiger partial charge in [-0.25, -0.2) is 0 Å². The predicted octanol–water partition coefficient (Wildman–Crippen LogP) is 6.97. The number of aryl methyl sites for hydroxylation is 1. The monoisotopic (exact) mass is 581 g/mol. The molecule has 4 aromatic carbocycles. The molecule has 4 aromatic rings. The number of ether oxygens (including phenoxy) is 1. The molecule has 0 aliphatic rings. The van der Waals surface area contributed by atoms with Gasteiger partial charge in [-0.05, 0) is 31.0 Å². The Morgan fingerprint density at radius 3 is 1.68 bits per heavy atom. The van der Waals surface area contributed by atoms with Crippen molar-refractivity contribution in [3.8, 4) is 0 Å². The van der Waals surface area contributed by atoms with Crippen molar-refractivity contribution in [3.05, 3.63) is 132 Å². The van der Waals surface area contributed by atoms with Gasteiger partial charge in [0, 0.05) is 13.2 Å². The number of nitrogens with two attached hydrogens (primary N) is 1. The van der Waals surface area contributed by atoms with Gasteiger partial charge in [0.25, 0.3) is 0 Å². The molecule has 1 unspecified atom stereocenters. The van der Waals surface area contributed by atoms with E-state index in [1.165, 1.54) is 27.3 Å². The minimum absolute atomic E-state index is 0.0565. The van der Waals surface area contributed by atoms with Crippen LogP contribution in [-0.4, -0.2) is 7.11 Å². The van der Waals surface area contributed by atoms with Gasteiger partial charge in [0.1, 0.15) is 5.85 Å². The zero-order chi connectivity index (χ0) is 24.8. The van der Waals surface area contributed by atoms with E-state index < -0.39 is 7.92 Å². The average Bonchev–Trinajstić information content (AvgIpc) is 2.90. The summed E-state index contributed by atoms with van der Waals surface area (Å²) in [4.78, 5) is 0. The Hall–Kier alpha value is -1.82. The van der Waals surface area contributed by atoms with Crippen molar-refractivity contribution in [2.24, 2.45) is 5.73 Å². The van der Waals surface area contributed by atoms with E-state index >= 15 is 0 Å². The number of benzene rings is 4. The fraction of sp³-hybridized carbons (Fsp3) is 0.172. The van der Waals surface area contributed by atoms with Crippen molar-refractivity contribution in [1.29, 1.82) is 0 Å². The topological polar surface area (TPSA) is 35.2 Å². The Morgan fingerprint density at radius 2 is 1.29 bits per heavy atom. The molecule has 0 saturated heterocycles. The second-order valence-electron chi connectivity index (χ2n) is 7.61. The molecule has 0 heterocycles.